The van der Waals surface area contributed by atoms with Crippen LogP contribution >= 0.6 is 24.0 Å². The van der Waals surface area contributed by atoms with Gasteiger partial charge in [-0.3, -0.25) is 4.99 Å². The number of anilines is 1. The minimum Gasteiger partial charge on any atom is -0.357 e. The smallest absolute Gasteiger partial charge is 0.194 e. The lowest BCUT2D eigenvalue weighted by Gasteiger charge is -2.37. The maximum Gasteiger partial charge on any atom is 0.194 e. The summed E-state index contributed by atoms with van der Waals surface area (Å²) in [4.78, 5) is 13.8. The number of aliphatic imine (C=N–C) groups is 1. The molecule has 5 nitrogen and oxygen atoms in total. The molecule has 1 aromatic carbocycles. The van der Waals surface area contributed by atoms with E-state index in [0.717, 1.165) is 69.5 Å². The predicted molar refractivity (Wildman–Crippen MR) is 124 cm³/mol. The molecular formula is C21H29FIN5. The van der Waals surface area contributed by atoms with E-state index in [1.165, 1.54) is 6.07 Å². The Morgan fingerprint density at radius 1 is 1.14 bits per heavy atom. The number of hydrogen-bond donors (Lipinski definition) is 1. The van der Waals surface area contributed by atoms with Crippen LogP contribution in [-0.4, -0.2) is 55.1 Å². The summed E-state index contributed by atoms with van der Waals surface area (Å²) in [6.07, 6.45) is 3.59. The highest BCUT2D eigenvalue weighted by Gasteiger charge is 2.20. The zero-order valence-corrected chi connectivity index (χ0v) is 18.7. The third-order valence-corrected chi connectivity index (χ3v) is 4.66. The van der Waals surface area contributed by atoms with Crippen LogP contribution in [0.2, 0.25) is 0 Å². The number of benzene rings is 1. The van der Waals surface area contributed by atoms with Gasteiger partial charge in [0, 0.05) is 45.5 Å². The molecule has 0 saturated carbocycles. The van der Waals surface area contributed by atoms with Crippen molar-refractivity contribution < 1.29 is 4.39 Å². The normalized spacial score (nSPS) is 14.6. The number of rotatable bonds is 6. The molecule has 7 heteroatoms. The van der Waals surface area contributed by atoms with Crippen LogP contribution in [0.15, 0.2) is 53.7 Å². The molecule has 0 aliphatic carbocycles. The Bertz CT molecular complexity index is 733. The molecular weight excluding hydrogens is 468 g/mol. The van der Waals surface area contributed by atoms with Gasteiger partial charge in [-0.2, -0.15) is 0 Å². The standard InChI is InChI=1S/C21H28FN5.HI/c1-2-23-21(25-12-6-8-18-7-5-9-19(22)17-18)27-15-13-26(14-16-27)20-10-3-4-11-24-20;/h3-5,7,9-11,17H,2,6,8,12-16H2,1H3,(H,23,25);1H. The zero-order valence-electron chi connectivity index (χ0n) is 16.4. The number of nitrogens with one attached hydrogen (secondary N) is 1. The molecule has 1 saturated heterocycles. The minimum atomic E-state index is -0.171. The average Bonchev–Trinajstić information content (AvgIpc) is 2.71. The number of nitrogens with zero attached hydrogens (tertiary/aromatic N) is 4. The molecule has 1 aliphatic heterocycles. The summed E-state index contributed by atoms with van der Waals surface area (Å²) >= 11 is 0. The maximum atomic E-state index is 13.2. The van der Waals surface area contributed by atoms with Crippen LogP contribution in [0, 0.1) is 5.82 Å². The highest BCUT2D eigenvalue weighted by Crippen LogP contribution is 2.12. The lowest BCUT2D eigenvalue weighted by molar-refractivity contribution is 0.371. The molecule has 0 bridgehead atoms. The van der Waals surface area contributed by atoms with Crippen molar-refractivity contribution in [2.24, 2.45) is 4.99 Å². The summed E-state index contributed by atoms with van der Waals surface area (Å²) in [7, 11) is 0. The van der Waals surface area contributed by atoms with E-state index in [1.807, 2.05) is 24.4 Å². The topological polar surface area (TPSA) is 43.8 Å². The summed E-state index contributed by atoms with van der Waals surface area (Å²) < 4.78 is 13.2. The summed E-state index contributed by atoms with van der Waals surface area (Å²) in [5.41, 5.74) is 1.03. The summed E-state index contributed by atoms with van der Waals surface area (Å²) in [5, 5.41) is 3.40. The predicted octanol–water partition coefficient (Wildman–Crippen LogP) is 3.56. The Labute approximate surface area is 184 Å². The fourth-order valence-corrected chi connectivity index (χ4v) is 3.27. The zero-order chi connectivity index (χ0) is 18.9. The first-order chi connectivity index (χ1) is 13.3. The van der Waals surface area contributed by atoms with Crippen molar-refractivity contribution >= 4 is 35.8 Å². The van der Waals surface area contributed by atoms with Crippen LogP contribution in [0.3, 0.4) is 0 Å². The molecule has 2 aromatic rings. The van der Waals surface area contributed by atoms with E-state index in [2.05, 4.69) is 33.1 Å². The number of aryl methyl sites for hydroxylation is 1. The van der Waals surface area contributed by atoms with Gasteiger partial charge in [-0.05, 0) is 49.6 Å². The summed E-state index contributed by atoms with van der Waals surface area (Å²) in [6.45, 7) is 7.39. The Kier molecular flexibility index (Phi) is 9.46. The lowest BCUT2D eigenvalue weighted by Crippen LogP contribution is -2.52. The number of aromatic nitrogens is 1. The largest absolute Gasteiger partial charge is 0.357 e. The molecule has 1 aromatic heterocycles. The number of pyridine rings is 1. The van der Waals surface area contributed by atoms with E-state index in [1.54, 1.807) is 12.1 Å². The van der Waals surface area contributed by atoms with Crippen LogP contribution in [0.1, 0.15) is 18.9 Å². The molecule has 3 rings (SSSR count). The molecule has 0 spiro atoms. The van der Waals surface area contributed by atoms with Crippen LogP contribution in [0.25, 0.3) is 0 Å². The Balaban J connectivity index is 0.00000280. The summed E-state index contributed by atoms with van der Waals surface area (Å²) in [5.74, 6) is 1.83. The molecule has 0 unspecified atom stereocenters. The molecule has 28 heavy (non-hydrogen) atoms. The van der Waals surface area contributed by atoms with Gasteiger partial charge in [0.25, 0.3) is 0 Å². The highest BCUT2D eigenvalue weighted by atomic mass is 127. The molecule has 2 heterocycles. The third-order valence-electron chi connectivity index (χ3n) is 4.66. The van der Waals surface area contributed by atoms with Crippen molar-refractivity contribution in [3.8, 4) is 0 Å². The number of piperazine rings is 1. The Morgan fingerprint density at radius 2 is 1.96 bits per heavy atom. The second-order valence-electron chi connectivity index (χ2n) is 6.63. The van der Waals surface area contributed by atoms with E-state index in [4.69, 9.17) is 4.99 Å². The van der Waals surface area contributed by atoms with Gasteiger partial charge in [0.1, 0.15) is 11.6 Å². The number of hydrogen-bond acceptors (Lipinski definition) is 3. The Hall–Kier alpha value is -1.90. The Morgan fingerprint density at radius 3 is 2.64 bits per heavy atom. The van der Waals surface area contributed by atoms with Gasteiger partial charge in [0.05, 0.1) is 0 Å². The van der Waals surface area contributed by atoms with Crippen LogP contribution in [0.5, 0.6) is 0 Å². The molecule has 1 fully saturated rings. The summed E-state index contributed by atoms with van der Waals surface area (Å²) in [6, 6.07) is 12.8. The van der Waals surface area contributed by atoms with Crippen molar-refractivity contribution in [3.63, 3.8) is 0 Å². The molecule has 1 N–H and O–H groups in total. The molecule has 0 amide bonds. The van der Waals surface area contributed by atoms with Gasteiger partial charge in [0.15, 0.2) is 5.96 Å². The van der Waals surface area contributed by atoms with E-state index in [-0.39, 0.29) is 29.8 Å². The van der Waals surface area contributed by atoms with Gasteiger partial charge >= 0.3 is 0 Å². The van der Waals surface area contributed by atoms with Gasteiger partial charge in [-0.15, -0.1) is 24.0 Å². The van der Waals surface area contributed by atoms with Crippen molar-refractivity contribution in [2.75, 3.05) is 44.2 Å². The van der Waals surface area contributed by atoms with Gasteiger partial charge < -0.3 is 15.1 Å². The van der Waals surface area contributed by atoms with Crippen molar-refractivity contribution in [1.82, 2.24) is 15.2 Å². The average molecular weight is 497 g/mol. The first kappa shape index (κ1) is 22.4. The number of halogens is 2. The van der Waals surface area contributed by atoms with E-state index in [0.29, 0.717) is 0 Å². The van der Waals surface area contributed by atoms with Crippen molar-refractivity contribution in [3.05, 3.63) is 60.0 Å². The minimum absolute atomic E-state index is 0. The van der Waals surface area contributed by atoms with Crippen LogP contribution < -0.4 is 10.2 Å². The first-order valence-corrected chi connectivity index (χ1v) is 9.70. The molecule has 1 aliphatic rings. The van der Waals surface area contributed by atoms with E-state index >= 15 is 0 Å². The molecule has 152 valence electrons. The second kappa shape index (κ2) is 11.8. The van der Waals surface area contributed by atoms with Crippen molar-refractivity contribution in [1.29, 1.82) is 0 Å². The van der Waals surface area contributed by atoms with Crippen molar-refractivity contribution in [2.45, 2.75) is 19.8 Å². The van der Waals surface area contributed by atoms with Crippen LogP contribution in [0.4, 0.5) is 10.2 Å². The maximum absolute atomic E-state index is 13.2. The molecule has 0 atom stereocenters. The van der Waals surface area contributed by atoms with Crippen LogP contribution in [-0.2, 0) is 6.42 Å². The monoisotopic (exact) mass is 497 g/mol. The lowest BCUT2D eigenvalue weighted by atomic mass is 10.1. The molecule has 0 radical (unpaired) electrons. The fourth-order valence-electron chi connectivity index (χ4n) is 3.27. The van der Waals surface area contributed by atoms with E-state index in [9.17, 15) is 4.39 Å². The van der Waals surface area contributed by atoms with Gasteiger partial charge in [-0.1, -0.05) is 18.2 Å². The SMILES string of the molecule is CCNC(=NCCCc1cccc(F)c1)N1CCN(c2ccccn2)CC1.I. The first-order valence-electron chi connectivity index (χ1n) is 9.70. The second-order valence-corrected chi connectivity index (χ2v) is 6.63. The van der Waals surface area contributed by atoms with E-state index < -0.39 is 0 Å². The highest BCUT2D eigenvalue weighted by molar-refractivity contribution is 14.0. The van der Waals surface area contributed by atoms with Gasteiger partial charge in [0.2, 0.25) is 0 Å². The van der Waals surface area contributed by atoms with Gasteiger partial charge in [-0.25, -0.2) is 9.37 Å². The third kappa shape index (κ3) is 6.61. The fraction of sp³-hybridized carbons (Fsp3) is 0.429. The quantitative estimate of drug-likeness (QED) is 0.287. The number of guanidine groups is 1.